The van der Waals surface area contributed by atoms with Crippen molar-refractivity contribution in [3.8, 4) is 0 Å². The van der Waals surface area contributed by atoms with E-state index in [0.717, 1.165) is 21.1 Å². The van der Waals surface area contributed by atoms with Crippen LogP contribution in [0.4, 0.5) is 10.3 Å². The van der Waals surface area contributed by atoms with Gasteiger partial charge in [-0.1, -0.05) is 40.2 Å². The molecule has 32 heavy (non-hydrogen) atoms. The fourth-order valence-electron chi connectivity index (χ4n) is 4.10. The van der Waals surface area contributed by atoms with E-state index in [4.69, 9.17) is 9.72 Å². The number of rotatable bonds is 4. The second-order valence-corrected chi connectivity index (χ2v) is 8.31. The van der Waals surface area contributed by atoms with Crippen molar-refractivity contribution in [2.75, 3.05) is 11.9 Å². The van der Waals surface area contributed by atoms with Crippen molar-refractivity contribution >= 4 is 44.6 Å². The van der Waals surface area contributed by atoms with E-state index in [1.54, 1.807) is 19.1 Å². The summed E-state index contributed by atoms with van der Waals surface area (Å²) in [6.45, 7) is 2.01. The van der Waals surface area contributed by atoms with Gasteiger partial charge in [0.05, 0.1) is 35.0 Å². The van der Waals surface area contributed by atoms with Crippen LogP contribution in [0.15, 0.2) is 82.8 Å². The second kappa shape index (κ2) is 8.24. The SMILES string of the molecule is CCOC(=O)C1=C(c2ccc(F)cc2)Nc2nc3ccccc3n2[C@@H]1c1cccc(Br)c1. The molecular weight excluding hydrogens is 473 g/mol. The molecule has 1 aliphatic rings. The van der Waals surface area contributed by atoms with Crippen molar-refractivity contribution < 1.29 is 13.9 Å². The zero-order valence-corrected chi connectivity index (χ0v) is 18.8. The third-order valence-corrected chi connectivity index (χ3v) is 5.92. The Bertz CT molecular complexity index is 1360. The molecule has 7 heteroatoms. The number of hydrogen-bond donors (Lipinski definition) is 1. The Morgan fingerprint density at radius 2 is 1.91 bits per heavy atom. The van der Waals surface area contributed by atoms with Gasteiger partial charge in [-0.25, -0.2) is 14.2 Å². The molecule has 1 N–H and O–H groups in total. The number of nitrogens with one attached hydrogen (secondary N) is 1. The van der Waals surface area contributed by atoms with E-state index in [0.29, 0.717) is 22.8 Å². The molecule has 2 heterocycles. The maximum absolute atomic E-state index is 13.6. The van der Waals surface area contributed by atoms with Crippen LogP contribution in [0, 0.1) is 5.82 Å². The van der Waals surface area contributed by atoms with E-state index in [1.807, 2.05) is 53.1 Å². The summed E-state index contributed by atoms with van der Waals surface area (Å²) in [6, 6.07) is 21.1. The lowest BCUT2D eigenvalue weighted by Crippen LogP contribution is -2.29. The summed E-state index contributed by atoms with van der Waals surface area (Å²) in [6.07, 6.45) is 0. The molecule has 3 aromatic carbocycles. The van der Waals surface area contributed by atoms with Crippen molar-refractivity contribution in [3.05, 3.63) is 99.8 Å². The first-order valence-corrected chi connectivity index (χ1v) is 11.0. The van der Waals surface area contributed by atoms with Gasteiger partial charge in [-0.3, -0.25) is 4.57 Å². The average molecular weight is 492 g/mol. The number of hydrogen-bond acceptors (Lipinski definition) is 4. The lowest BCUT2D eigenvalue weighted by atomic mass is 9.92. The minimum absolute atomic E-state index is 0.238. The maximum Gasteiger partial charge on any atom is 0.338 e. The topological polar surface area (TPSA) is 56.1 Å². The van der Waals surface area contributed by atoms with Crippen molar-refractivity contribution in [2.45, 2.75) is 13.0 Å². The number of nitrogens with zero attached hydrogens (tertiary/aromatic N) is 2. The van der Waals surface area contributed by atoms with Crippen LogP contribution >= 0.6 is 15.9 Å². The van der Waals surface area contributed by atoms with Crippen LogP contribution in [-0.4, -0.2) is 22.1 Å². The van der Waals surface area contributed by atoms with E-state index >= 15 is 0 Å². The Morgan fingerprint density at radius 1 is 1.12 bits per heavy atom. The number of fused-ring (bicyclic) bond motifs is 3. The molecule has 0 aliphatic carbocycles. The monoisotopic (exact) mass is 491 g/mol. The molecule has 160 valence electrons. The number of carbonyl (C=O) groups excluding carboxylic acids is 1. The normalized spacial score (nSPS) is 15.4. The molecule has 1 aliphatic heterocycles. The van der Waals surface area contributed by atoms with Crippen LogP contribution in [0.1, 0.15) is 24.1 Å². The Morgan fingerprint density at radius 3 is 2.66 bits per heavy atom. The standard InChI is InChI=1S/C25H19BrFN3O2/c1-2-32-24(31)21-22(15-10-12-18(27)13-11-15)29-25-28-19-8-3-4-9-20(19)30(25)23(21)16-6-5-7-17(26)14-16/h3-14,23H,2H2,1H3,(H,28,29)/t23-/m1/s1. The largest absolute Gasteiger partial charge is 0.463 e. The van der Waals surface area contributed by atoms with Gasteiger partial charge in [0.25, 0.3) is 0 Å². The van der Waals surface area contributed by atoms with Crippen LogP contribution < -0.4 is 5.32 Å². The predicted molar refractivity (Wildman–Crippen MR) is 126 cm³/mol. The summed E-state index contributed by atoms with van der Waals surface area (Å²) < 4.78 is 22.0. The molecule has 4 aromatic rings. The maximum atomic E-state index is 13.6. The number of benzene rings is 3. The number of esters is 1. The number of imidazole rings is 1. The molecule has 0 saturated carbocycles. The van der Waals surface area contributed by atoms with Gasteiger partial charge in [-0.15, -0.1) is 0 Å². The van der Waals surface area contributed by atoms with Gasteiger partial charge in [-0.05, 0) is 66.6 Å². The minimum atomic E-state index is -0.491. The summed E-state index contributed by atoms with van der Waals surface area (Å²) in [5.74, 6) is -0.185. The highest BCUT2D eigenvalue weighted by Gasteiger charge is 2.36. The van der Waals surface area contributed by atoms with Gasteiger partial charge in [0, 0.05) is 4.47 Å². The number of ether oxygens (including phenoxy) is 1. The van der Waals surface area contributed by atoms with E-state index in [2.05, 4.69) is 21.2 Å². The lowest BCUT2D eigenvalue weighted by Gasteiger charge is -2.31. The van der Waals surface area contributed by atoms with Gasteiger partial charge in [0.1, 0.15) is 5.82 Å². The van der Waals surface area contributed by atoms with Crippen LogP contribution in [-0.2, 0) is 9.53 Å². The molecule has 0 radical (unpaired) electrons. The van der Waals surface area contributed by atoms with Gasteiger partial charge in [0.2, 0.25) is 5.95 Å². The summed E-state index contributed by atoms with van der Waals surface area (Å²) >= 11 is 3.55. The number of carbonyl (C=O) groups is 1. The number of para-hydroxylation sites is 2. The zero-order valence-electron chi connectivity index (χ0n) is 17.2. The molecule has 0 bridgehead atoms. The molecule has 0 saturated heterocycles. The molecule has 1 aromatic heterocycles. The van der Waals surface area contributed by atoms with Gasteiger partial charge in [-0.2, -0.15) is 0 Å². The molecule has 5 nitrogen and oxygen atoms in total. The quantitative estimate of drug-likeness (QED) is 0.359. The van der Waals surface area contributed by atoms with Crippen molar-refractivity contribution in [3.63, 3.8) is 0 Å². The molecule has 0 amide bonds. The third-order valence-electron chi connectivity index (χ3n) is 5.43. The minimum Gasteiger partial charge on any atom is -0.463 e. The smallest absolute Gasteiger partial charge is 0.338 e. The van der Waals surface area contributed by atoms with Gasteiger partial charge < -0.3 is 10.1 Å². The van der Waals surface area contributed by atoms with E-state index < -0.39 is 12.0 Å². The number of halogens is 2. The van der Waals surface area contributed by atoms with Crippen molar-refractivity contribution in [2.24, 2.45) is 0 Å². The zero-order chi connectivity index (χ0) is 22.2. The highest BCUT2D eigenvalue weighted by Crippen LogP contribution is 2.42. The van der Waals surface area contributed by atoms with Crippen LogP contribution in [0.3, 0.4) is 0 Å². The number of anilines is 1. The van der Waals surface area contributed by atoms with Crippen LogP contribution in [0.2, 0.25) is 0 Å². The van der Waals surface area contributed by atoms with Crippen LogP contribution in [0.25, 0.3) is 16.7 Å². The van der Waals surface area contributed by atoms with Gasteiger partial charge >= 0.3 is 5.97 Å². The van der Waals surface area contributed by atoms with Crippen LogP contribution in [0.5, 0.6) is 0 Å². The molecule has 0 fully saturated rings. The first-order valence-electron chi connectivity index (χ1n) is 10.2. The van der Waals surface area contributed by atoms with E-state index in [9.17, 15) is 9.18 Å². The molecule has 1 atom stereocenters. The summed E-state index contributed by atoms with van der Waals surface area (Å²) in [5, 5.41) is 3.32. The molecular formula is C25H19BrFN3O2. The summed E-state index contributed by atoms with van der Waals surface area (Å²) in [4.78, 5) is 18.1. The fraction of sp³-hybridized carbons (Fsp3) is 0.120. The van der Waals surface area contributed by atoms with Gasteiger partial charge in [0.15, 0.2) is 0 Å². The second-order valence-electron chi connectivity index (χ2n) is 7.39. The first kappa shape index (κ1) is 20.5. The van der Waals surface area contributed by atoms with Crippen molar-refractivity contribution in [1.29, 1.82) is 0 Å². The Labute approximate surface area is 192 Å². The Hall–Kier alpha value is -3.45. The third kappa shape index (κ3) is 3.48. The summed E-state index contributed by atoms with van der Waals surface area (Å²) in [7, 11) is 0. The first-order chi connectivity index (χ1) is 15.6. The van der Waals surface area contributed by atoms with Crippen molar-refractivity contribution in [1.82, 2.24) is 9.55 Å². The predicted octanol–water partition coefficient (Wildman–Crippen LogP) is 5.93. The average Bonchev–Trinajstić information content (AvgIpc) is 3.17. The fourth-order valence-corrected chi connectivity index (χ4v) is 4.52. The molecule has 0 unspecified atom stereocenters. The number of aromatic nitrogens is 2. The Balaban J connectivity index is 1.83. The lowest BCUT2D eigenvalue weighted by molar-refractivity contribution is -0.138. The Kier molecular flexibility index (Phi) is 5.27. The summed E-state index contributed by atoms with van der Waals surface area (Å²) in [5.41, 5.74) is 4.25. The molecule has 5 rings (SSSR count). The highest BCUT2D eigenvalue weighted by atomic mass is 79.9. The highest BCUT2D eigenvalue weighted by molar-refractivity contribution is 9.10. The molecule has 0 spiro atoms. The van der Waals surface area contributed by atoms with E-state index in [-0.39, 0.29) is 12.4 Å². The van der Waals surface area contributed by atoms with E-state index in [1.165, 1.54) is 12.1 Å².